The molecule has 1 atom stereocenters. The maximum atomic E-state index is 15.3. The highest BCUT2D eigenvalue weighted by Gasteiger charge is 2.36. The number of carbonyl (C=O) groups excluding carboxylic acids is 2. The van der Waals surface area contributed by atoms with E-state index in [1.165, 1.54) is 11.1 Å². The minimum atomic E-state index is -0.0855. The highest BCUT2D eigenvalue weighted by Crippen LogP contribution is 2.40. The fraction of sp³-hybridized carbons (Fsp3) is 0.294. The highest BCUT2D eigenvalue weighted by atomic mass is 17.2. The van der Waals surface area contributed by atoms with Crippen LogP contribution in [0.25, 0.3) is 11.3 Å². The Bertz CT molecular complexity index is 2510. The lowest BCUT2D eigenvalue weighted by Gasteiger charge is -2.40. The molecule has 5 aromatic carbocycles. The summed E-state index contributed by atoms with van der Waals surface area (Å²) in [7, 11) is 0. The Morgan fingerprint density at radius 3 is 2.26 bits per heavy atom. The topological polar surface area (TPSA) is 85.7 Å². The van der Waals surface area contributed by atoms with Gasteiger partial charge in [-0.05, 0) is 90.4 Å². The summed E-state index contributed by atoms with van der Waals surface area (Å²) in [4.78, 5) is 48.0. The summed E-state index contributed by atoms with van der Waals surface area (Å²) >= 11 is 0. The third-order valence-corrected chi connectivity index (χ3v) is 12.6. The Hall–Kier alpha value is -6.20. The van der Waals surface area contributed by atoms with Crippen LogP contribution < -0.4 is 14.5 Å². The standard InChI is InChI=1S/C51H50N4O6/c56-50(55-32-39-16-8-7-15-38(39)27-42(55)33-52-23-25-58-26-24-52)45-30-49-40(35-60-61-49)28-44(45)48-29-46(47-17-9-10-22-53(47)48)51(57)54(31-36-11-3-1-4-12-36)41-18-20-43(21-19-41)59-34-37-13-5-2-6-14-37/h1-8,11-16,18-21,28-30,42H,9-10,17,22-27,31-35H2/t42-/m0/s1. The number of amides is 2. The van der Waals surface area contributed by atoms with E-state index in [0.29, 0.717) is 49.8 Å². The molecule has 4 aliphatic rings. The maximum Gasteiger partial charge on any atom is 0.260 e. The quantitative estimate of drug-likeness (QED) is 0.121. The molecule has 10 heteroatoms. The number of rotatable bonds is 11. The van der Waals surface area contributed by atoms with Crippen LogP contribution in [0.5, 0.6) is 11.5 Å². The average Bonchev–Trinajstić information content (AvgIpc) is 3.95. The summed E-state index contributed by atoms with van der Waals surface area (Å²) in [5.74, 6) is 1.15. The Kier molecular flexibility index (Phi) is 11.1. The predicted molar refractivity (Wildman–Crippen MR) is 233 cm³/mol. The van der Waals surface area contributed by atoms with Gasteiger partial charge in [0.05, 0.1) is 30.9 Å². The van der Waals surface area contributed by atoms with Gasteiger partial charge in [-0.3, -0.25) is 14.5 Å². The zero-order chi connectivity index (χ0) is 41.1. The van der Waals surface area contributed by atoms with E-state index in [1.807, 2.05) is 95.9 Å². The van der Waals surface area contributed by atoms with E-state index < -0.39 is 0 Å². The zero-order valence-corrected chi connectivity index (χ0v) is 34.3. The van der Waals surface area contributed by atoms with Gasteiger partial charge in [0.25, 0.3) is 11.8 Å². The van der Waals surface area contributed by atoms with Gasteiger partial charge in [-0.1, -0.05) is 84.9 Å². The molecule has 0 N–H and O–H groups in total. The highest BCUT2D eigenvalue weighted by molar-refractivity contribution is 6.09. The van der Waals surface area contributed by atoms with E-state index in [-0.39, 0.29) is 24.5 Å². The summed E-state index contributed by atoms with van der Waals surface area (Å²) in [5, 5.41) is 0. The number of hydrogen-bond acceptors (Lipinski definition) is 7. The molecular formula is C51H50N4O6. The molecule has 10 rings (SSSR count). The van der Waals surface area contributed by atoms with Crippen molar-refractivity contribution in [1.29, 1.82) is 0 Å². The molecule has 1 fully saturated rings. The van der Waals surface area contributed by atoms with Crippen LogP contribution in [0.2, 0.25) is 0 Å². The SMILES string of the molecule is O=C(c1cc(-c2cc3c(cc2C(=O)N2Cc4ccccc4C[C@H]2CN2CCOCC2)OOC3)n2c1CCCC2)N(Cc1ccccc1)c1ccc(OCc2ccccc2)cc1. The summed E-state index contributed by atoms with van der Waals surface area (Å²) in [6.07, 6.45) is 3.49. The Balaban J connectivity index is 1.02. The number of fused-ring (bicyclic) bond motifs is 3. The number of hydrogen-bond donors (Lipinski definition) is 0. The second-order valence-electron chi connectivity index (χ2n) is 16.5. The van der Waals surface area contributed by atoms with Crippen LogP contribution in [0.1, 0.15) is 67.1 Å². The second-order valence-corrected chi connectivity index (χ2v) is 16.5. The Morgan fingerprint density at radius 2 is 1.48 bits per heavy atom. The van der Waals surface area contributed by atoms with Gasteiger partial charge in [0.15, 0.2) is 5.75 Å². The number of morpholine rings is 1. The van der Waals surface area contributed by atoms with Crippen LogP contribution in [0.4, 0.5) is 5.69 Å². The molecule has 0 radical (unpaired) electrons. The largest absolute Gasteiger partial charge is 0.489 e. The minimum Gasteiger partial charge on any atom is -0.489 e. The first kappa shape index (κ1) is 39.0. The Labute approximate surface area is 356 Å². The molecule has 5 heterocycles. The van der Waals surface area contributed by atoms with E-state index in [2.05, 4.69) is 50.8 Å². The van der Waals surface area contributed by atoms with Crippen molar-refractivity contribution in [2.75, 3.05) is 37.7 Å². The molecule has 0 spiro atoms. The lowest BCUT2D eigenvalue weighted by Crippen LogP contribution is -2.52. The summed E-state index contributed by atoms with van der Waals surface area (Å²) in [6, 6.07) is 42.4. The molecule has 61 heavy (non-hydrogen) atoms. The molecule has 4 aliphatic heterocycles. The number of carbonyl (C=O) groups is 2. The van der Waals surface area contributed by atoms with Crippen LogP contribution in [-0.4, -0.2) is 65.1 Å². The average molecular weight is 815 g/mol. The van der Waals surface area contributed by atoms with Gasteiger partial charge in [0, 0.05) is 67.0 Å². The number of aromatic nitrogens is 1. The first-order valence-electron chi connectivity index (χ1n) is 21.6. The van der Waals surface area contributed by atoms with Gasteiger partial charge in [0.1, 0.15) is 19.0 Å². The smallest absolute Gasteiger partial charge is 0.260 e. The molecule has 0 saturated carbocycles. The van der Waals surface area contributed by atoms with Gasteiger partial charge in [-0.2, -0.15) is 4.89 Å². The van der Waals surface area contributed by atoms with Crippen molar-refractivity contribution < 1.29 is 28.8 Å². The molecule has 1 aromatic heterocycles. The Morgan fingerprint density at radius 1 is 0.738 bits per heavy atom. The number of benzene rings is 5. The van der Waals surface area contributed by atoms with Crippen molar-refractivity contribution in [3.05, 3.63) is 172 Å². The molecule has 310 valence electrons. The van der Waals surface area contributed by atoms with Crippen molar-refractivity contribution in [2.24, 2.45) is 0 Å². The molecule has 10 nitrogen and oxygen atoms in total. The van der Waals surface area contributed by atoms with Crippen LogP contribution in [0, 0.1) is 0 Å². The van der Waals surface area contributed by atoms with Crippen molar-refractivity contribution in [3.8, 4) is 22.8 Å². The number of ether oxygens (including phenoxy) is 2. The number of anilines is 1. The van der Waals surface area contributed by atoms with Gasteiger partial charge in [-0.15, -0.1) is 0 Å². The van der Waals surface area contributed by atoms with Crippen LogP contribution in [-0.2, 0) is 55.3 Å². The fourth-order valence-corrected chi connectivity index (χ4v) is 9.32. The minimum absolute atomic E-state index is 0.0289. The third-order valence-electron chi connectivity index (χ3n) is 12.6. The molecule has 6 aromatic rings. The van der Waals surface area contributed by atoms with Crippen molar-refractivity contribution in [3.63, 3.8) is 0 Å². The number of nitrogens with zero attached hydrogens (tertiary/aromatic N) is 4. The van der Waals surface area contributed by atoms with Crippen molar-refractivity contribution >= 4 is 17.5 Å². The van der Waals surface area contributed by atoms with Gasteiger partial charge >= 0.3 is 0 Å². The molecule has 2 amide bonds. The van der Waals surface area contributed by atoms with Crippen LogP contribution in [0.15, 0.2) is 127 Å². The van der Waals surface area contributed by atoms with Gasteiger partial charge < -0.3 is 28.7 Å². The molecule has 0 bridgehead atoms. The van der Waals surface area contributed by atoms with Gasteiger partial charge in [0.2, 0.25) is 0 Å². The fourth-order valence-electron chi connectivity index (χ4n) is 9.32. The molecular weight excluding hydrogens is 765 g/mol. The first-order valence-corrected chi connectivity index (χ1v) is 21.6. The van der Waals surface area contributed by atoms with Crippen LogP contribution >= 0.6 is 0 Å². The predicted octanol–water partition coefficient (Wildman–Crippen LogP) is 8.64. The summed E-state index contributed by atoms with van der Waals surface area (Å²) in [6.45, 7) is 6.23. The monoisotopic (exact) mass is 814 g/mol. The van der Waals surface area contributed by atoms with E-state index in [0.717, 1.165) is 96.9 Å². The lowest BCUT2D eigenvalue weighted by molar-refractivity contribution is -0.194. The molecule has 0 unspecified atom stereocenters. The normalized spacial score (nSPS) is 17.2. The second kappa shape index (κ2) is 17.4. The van der Waals surface area contributed by atoms with Crippen molar-refractivity contribution in [1.82, 2.24) is 14.4 Å². The van der Waals surface area contributed by atoms with Gasteiger partial charge in [-0.25, -0.2) is 0 Å². The third kappa shape index (κ3) is 8.19. The van der Waals surface area contributed by atoms with E-state index in [1.54, 1.807) is 0 Å². The first-order chi connectivity index (χ1) is 30.1. The molecule has 0 aliphatic carbocycles. The molecule has 1 saturated heterocycles. The lowest BCUT2D eigenvalue weighted by atomic mass is 9.91. The zero-order valence-electron chi connectivity index (χ0n) is 34.3. The summed E-state index contributed by atoms with van der Waals surface area (Å²) in [5.41, 5.74) is 10.1. The van der Waals surface area contributed by atoms with E-state index in [4.69, 9.17) is 19.2 Å². The van der Waals surface area contributed by atoms with Crippen LogP contribution in [0.3, 0.4) is 0 Å². The van der Waals surface area contributed by atoms with E-state index in [9.17, 15) is 0 Å². The van der Waals surface area contributed by atoms with E-state index >= 15 is 9.59 Å². The summed E-state index contributed by atoms with van der Waals surface area (Å²) < 4.78 is 14.1. The maximum absolute atomic E-state index is 15.3. The van der Waals surface area contributed by atoms with Crippen molar-refractivity contribution in [2.45, 2.75) is 64.6 Å².